The molecule has 28 heavy (non-hydrogen) atoms. The van der Waals surface area contributed by atoms with Crippen LogP contribution in [0.15, 0.2) is 48.5 Å². The maximum atomic E-state index is 13.3. The average molecular weight is 378 g/mol. The summed E-state index contributed by atoms with van der Waals surface area (Å²) in [5.74, 6) is -1.43. The molecule has 2 aliphatic rings. The van der Waals surface area contributed by atoms with Crippen LogP contribution < -0.4 is 5.43 Å². The molecule has 1 aliphatic heterocycles. The van der Waals surface area contributed by atoms with Gasteiger partial charge < -0.3 is 4.74 Å². The molecule has 6 heteroatoms. The lowest BCUT2D eigenvalue weighted by molar-refractivity contribution is -0.165. The molecule has 1 unspecified atom stereocenters. The topological polar surface area (TPSA) is 75.7 Å². The van der Waals surface area contributed by atoms with E-state index < -0.39 is 28.9 Å². The summed E-state index contributed by atoms with van der Waals surface area (Å²) in [6.07, 6.45) is 1.04. The zero-order valence-electron chi connectivity index (χ0n) is 16.1. The minimum Gasteiger partial charge on any atom is -0.458 e. The average Bonchev–Trinajstić information content (AvgIpc) is 3.14. The first-order chi connectivity index (χ1) is 13.2. The van der Waals surface area contributed by atoms with E-state index in [2.05, 4.69) is 5.43 Å². The largest absolute Gasteiger partial charge is 0.458 e. The lowest BCUT2D eigenvalue weighted by Crippen LogP contribution is -2.58. The summed E-state index contributed by atoms with van der Waals surface area (Å²) in [4.78, 5) is 39.0. The van der Waals surface area contributed by atoms with Gasteiger partial charge in [-0.1, -0.05) is 36.4 Å². The van der Waals surface area contributed by atoms with Crippen LogP contribution in [0.4, 0.5) is 0 Å². The van der Waals surface area contributed by atoms with Crippen molar-refractivity contribution in [3.63, 3.8) is 0 Å². The van der Waals surface area contributed by atoms with Gasteiger partial charge >= 0.3 is 5.97 Å². The normalized spacial score (nSPS) is 20.9. The van der Waals surface area contributed by atoms with E-state index >= 15 is 0 Å². The van der Waals surface area contributed by atoms with E-state index in [4.69, 9.17) is 4.74 Å². The highest BCUT2D eigenvalue weighted by molar-refractivity contribution is 6.21. The molecule has 2 amide bonds. The summed E-state index contributed by atoms with van der Waals surface area (Å²) in [6.45, 7) is 5.38. The minimum absolute atomic E-state index is 0.325. The lowest BCUT2D eigenvalue weighted by Gasteiger charge is -2.35. The Labute approximate surface area is 163 Å². The van der Waals surface area contributed by atoms with Crippen LogP contribution in [-0.2, 0) is 21.5 Å². The van der Waals surface area contributed by atoms with Gasteiger partial charge in [0.15, 0.2) is 5.54 Å². The minimum atomic E-state index is -1.29. The van der Waals surface area contributed by atoms with Gasteiger partial charge in [0, 0.05) is 0 Å². The first-order valence-corrected chi connectivity index (χ1v) is 9.30. The van der Waals surface area contributed by atoms with Gasteiger partial charge in [0.2, 0.25) is 0 Å². The van der Waals surface area contributed by atoms with Gasteiger partial charge in [0.1, 0.15) is 5.60 Å². The molecule has 1 N–H and O–H groups in total. The highest BCUT2D eigenvalue weighted by Gasteiger charge is 2.51. The van der Waals surface area contributed by atoms with Gasteiger partial charge in [-0.2, -0.15) is 0 Å². The van der Waals surface area contributed by atoms with Crippen LogP contribution in [-0.4, -0.2) is 28.4 Å². The zero-order valence-corrected chi connectivity index (χ0v) is 16.1. The Hall–Kier alpha value is -2.99. The molecule has 4 rings (SSSR count). The third-order valence-corrected chi connectivity index (χ3v) is 5.09. The Bertz CT molecular complexity index is 957. The number of hydrogen-bond donors (Lipinski definition) is 1. The lowest BCUT2D eigenvalue weighted by atomic mass is 9.92. The van der Waals surface area contributed by atoms with Crippen molar-refractivity contribution in [3.05, 3.63) is 70.8 Å². The fourth-order valence-electron chi connectivity index (χ4n) is 3.83. The molecule has 2 aromatic rings. The second-order valence-electron chi connectivity index (χ2n) is 8.17. The molecule has 0 fully saturated rings. The predicted molar refractivity (Wildman–Crippen MR) is 102 cm³/mol. The smallest absolute Gasteiger partial charge is 0.333 e. The zero-order chi connectivity index (χ0) is 20.1. The summed E-state index contributed by atoms with van der Waals surface area (Å²) in [7, 11) is 0. The third-order valence-electron chi connectivity index (χ3n) is 5.09. The van der Waals surface area contributed by atoms with Gasteiger partial charge in [-0.3, -0.25) is 9.59 Å². The van der Waals surface area contributed by atoms with Gasteiger partial charge in [0.05, 0.1) is 11.1 Å². The Kier molecular flexibility index (Phi) is 4.12. The number of hydrazine groups is 1. The molecule has 0 spiro atoms. The van der Waals surface area contributed by atoms with Crippen LogP contribution >= 0.6 is 0 Å². The highest BCUT2D eigenvalue weighted by Crippen LogP contribution is 2.40. The number of nitrogens with zero attached hydrogens (tertiary/aromatic N) is 1. The van der Waals surface area contributed by atoms with Crippen LogP contribution in [0.5, 0.6) is 0 Å². The summed E-state index contributed by atoms with van der Waals surface area (Å²) in [5, 5.41) is 0.955. The number of rotatable bonds is 3. The summed E-state index contributed by atoms with van der Waals surface area (Å²) in [5.41, 5.74) is 3.36. The van der Waals surface area contributed by atoms with Gasteiger partial charge in [-0.25, -0.2) is 15.2 Å². The van der Waals surface area contributed by atoms with E-state index in [-0.39, 0.29) is 0 Å². The molecular formula is C22H22N2O4. The number of imide groups is 1. The number of nitrogens with one attached hydrogen (secondary N) is 1. The third kappa shape index (κ3) is 2.81. The Morgan fingerprint density at radius 2 is 1.57 bits per heavy atom. The van der Waals surface area contributed by atoms with Crippen molar-refractivity contribution in [2.75, 3.05) is 0 Å². The van der Waals surface area contributed by atoms with Crippen molar-refractivity contribution >= 4 is 17.8 Å². The van der Waals surface area contributed by atoms with E-state index in [9.17, 15) is 14.4 Å². The highest BCUT2D eigenvalue weighted by atomic mass is 16.6. The first-order valence-electron chi connectivity index (χ1n) is 9.30. The first kappa shape index (κ1) is 18.4. The van der Waals surface area contributed by atoms with Crippen LogP contribution in [0.3, 0.4) is 0 Å². The fourth-order valence-corrected chi connectivity index (χ4v) is 3.83. The molecule has 0 saturated heterocycles. The number of carbonyl (C=O) groups is 3. The monoisotopic (exact) mass is 378 g/mol. The number of esters is 1. The number of aryl methyl sites for hydroxylation is 1. The number of carbonyl (C=O) groups excluding carboxylic acids is 3. The Balaban J connectivity index is 1.76. The molecule has 1 atom stereocenters. The second kappa shape index (κ2) is 6.27. The number of amides is 2. The SMILES string of the molecule is CC(C)(C)OC(=O)C1(NN2C(=O)c3ccccc3C2=O)CCc2ccccc21. The Morgan fingerprint density at radius 1 is 1.00 bits per heavy atom. The molecule has 0 aromatic heterocycles. The summed E-state index contributed by atoms with van der Waals surface area (Å²) >= 11 is 0. The molecule has 6 nitrogen and oxygen atoms in total. The quantitative estimate of drug-likeness (QED) is 0.656. The molecule has 1 heterocycles. The number of hydrogen-bond acceptors (Lipinski definition) is 5. The van der Waals surface area contributed by atoms with E-state index in [1.165, 1.54) is 0 Å². The maximum absolute atomic E-state index is 13.3. The molecular weight excluding hydrogens is 356 g/mol. The number of fused-ring (bicyclic) bond motifs is 2. The second-order valence-corrected chi connectivity index (χ2v) is 8.17. The van der Waals surface area contributed by atoms with Crippen molar-refractivity contribution in [2.45, 2.75) is 44.8 Å². The maximum Gasteiger partial charge on any atom is 0.333 e. The number of benzene rings is 2. The Morgan fingerprint density at radius 3 is 2.18 bits per heavy atom. The van der Waals surface area contributed by atoms with Gasteiger partial charge in [0.25, 0.3) is 11.8 Å². The molecule has 144 valence electrons. The van der Waals surface area contributed by atoms with Crippen molar-refractivity contribution in [2.24, 2.45) is 0 Å². The van der Waals surface area contributed by atoms with Crippen molar-refractivity contribution in [3.8, 4) is 0 Å². The van der Waals surface area contributed by atoms with Gasteiger partial charge in [-0.15, -0.1) is 0 Å². The molecule has 1 aliphatic carbocycles. The van der Waals surface area contributed by atoms with Gasteiger partial charge in [-0.05, 0) is 56.9 Å². The van der Waals surface area contributed by atoms with Crippen LogP contribution in [0.25, 0.3) is 0 Å². The standard InChI is InChI=1S/C22H22N2O4/c1-21(2,3)28-20(27)22(13-12-14-8-4-7-11-17(14)22)23-24-18(25)15-9-5-6-10-16(15)19(24)26/h4-11,23H,12-13H2,1-3H3. The van der Waals surface area contributed by atoms with E-state index in [1.54, 1.807) is 45.0 Å². The van der Waals surface area contributed by atoms with Crippen LogP contribution in [0.2, 0.25) is 0 Å². The van der Waals surface area contributed by atoms with Crippen LogP contribution in [0.1, 0.15) is 59.0 Å². The molecule has 0 radical (unpaired) electrons. The van der Waals surface area contributed by atoms with E-state index in [1.807, 2.05) is 24.3 Å². The molecule has 2 aromatic carbocycles. The van der Waals surface area contributed by atoms with Crippen molar-refractivity contribution in [1.29, 1.82) is 0 Å². The van der Waals surface area contributed by atoms with Crippen LogP contribution in [0, 0.1) is 0 Å². The molecule has 0 saturated carbocycles. The fraction of sp³-hybridized carbons (Fsp3) is 0.318. The molecule has 0 bridgehead atoms. The van der Waals surface area contributed by atoms with Crippen molar-refractivity contribution in [1.82, 2.24) is 10.4 Å². The predicted octanol–water partition coefficient (Wildman–Crippen LogP) is 2.97. The number of ether oxygens (including phenoxy) is 1. The van der Waals surface area contributed by atoms with E-state index in [0.717, 1.165) is 16.1 Å². The summed E-state index contributed by atoms with van der Waals surface area (Å²) in [6, 6.07) is 14.2. The van der Waals surface area contributed by atoms with E-state index in [0.29, 0.717) is 24.0 Å². The summed E-state index contributed by atoms with van der Waals surface area (Å²) < 4.78 is 5.69. The van der Waals surface area contributed by atoms with Crippen molar-refractivity contribution < 1.29 is 19.1 Å².